The summed E-state index contributed by atoms with van der Waals surface area (Å²) in [4.78, 5) is 17.5. The number of nitrogens with one attached hydrogen (secondary N) is 1. The van der Waals surface area contributed by atoms with Crippen molar-refractivity contribution in [3.8, 4) is 5.75 Å². The van der Waals surface area contributed by atoms with Crippen LogP contribution in [0.1, 0.15) is 23.2 Å². The standard InChI is InChI=1S/C22H22N2O4/c1-26-20-11-5-3-9-18(20)24-22-17(13-15-7-2-4-10-19(15)28-22)21(25)23-14-16-8-6-12-27-16/h2-5,7,9-11,13,16H,6,8,12,14H2,1H3,(H,23,25)/t16-/m0/s1. The Morgan fingerprint density at radius 3 is 2.86 bits per heavy atom. The molecule has 1 saturated heterocycles. The zero-order valence-corrected chi connectivity index (χ0v) is 15.7. The Hall–Kier alpha value is -3.12. The highest BCUT2D eigenvalue weighted by molar-refractivity contribution is 5.96. The van der Waals surface area contributed by atoms with Crippen molar-refractivity contribution in [1.29, 1.82) is 0 Å². The molecule has 3 aromatic rings. The topological polar surface area (TPSA) is 73.1 Å². The number of rotatable bonds is 5. The highest BCUT2D eigenvalue weighted by Gasteiger charge is 2.18. The Balaban J connectivity index is 1.76. The first kappa shape index (κ1) is 18.3. The van der Waals surface area contributed by atoms with E-state index in [-0.39, 0.29) is 17.6 Å². The zero-order chi connectivity index (χ0) is 19.3. The number of para-hydroxylation sites is 3. The van der Waals surface area contributed by atoms with Crippen LogP contribution >= 0.6 is 0 Å². The molecule has 28 heavy (non-hydrogen) atoms. The first-order valence-electron chi connectivity index (χ1n) is 9.35. The highest BCUT2D eigenvalue weighted by atomic mass is 16.5. The lowest BCUT2D eigenvalue weighted by molar-refractivity contribution is 0.0854. The van der Waals surface area contributed by atoms with E-state index in [4.69, 9.17) is 13.9 Å². The molecule has 144 valence electrons. The van der Waals surface area contributed by atoms with E-state index in [1.807, 2.05) is 48.5 Å². The third kappa shape index (κ3) is 3.92. The van der Waals surface area contributed by atoms with Crippen LogP contribution in [0, 0.1) is 0 Å². The van der Waals surface area contributed by atoms with E-state index in [0.29, 0.717) is 29.1 Å². The van der Waals surface area contributed by atoms with Crippen LogP contribution in [0.4, 0.5) is 5.69 Å². The molecule has 2 aromatic carbocycles. The molecule has 1 amide bonds. The number of hydrogen-bond acceptors (Lipinski definition) is 5. The Bertz CT molecular complexity index is 1050. The van der Waals surface area contributed by atoms with Crippen molar-refractivity contribution in [2.75, 3.05) is 20.3 Å². The van der Waals surface area contributed by atoms with Gasteiger partial charge in [-0.15, -0.1) is 0 Å². The Morgan fingerprint density at radius 1 is 1.21 bits per heavy atom. The lowest BCUT2D eigenvalue weighted by Gasteiger charge is -2.11. The van der Waals surface area contributed by atoms with E-state index in [1.165, 1.54) is 0 Å². The fourth-order valence-electron chi connectivity index (χ4n) is 3.25. The van der Waals surface area contributed by atoms with Gasteiger partial charge >= 0.3 is 0 Å². The predicted octanol–water partition coefficient (Wildman–Crippen LogP) is 3.58. The molecule has 6 nitrogen and oxygen atoms in total. The second kappa shape index (κ2) is 8.27. The lowest BCUT2D eigenvalue weighted by atomic mass is 10.1. The Kier molecular flexibility index (Phi) is 5.39. The average Bonchev–Trinajstić information content (AvgIpc) is 3.25. The third-order valence-corrected chi connectivity index (χ3v) is 4.72. The first-order valence-corrected chi connectivity index (χ1v) is 9.35. The fraction of sp³-hybridized carbons (Fsp3) is 0.273. The van der Waals surface area contributed by atoms with Gasteiger partial charge in [-0.25, -0.2) is 4.99 Å². The molecule has 1 aromatic heterocycles. The highest BCUT2D eigenvalue weighted by Crippen LogP contribution is 2.26. The minimum atomic E-state index is -0.237. The summed E-state index contributed by atoms with van der Waals surface area (Å²) >= 11 is 0. The number of methoxy groups -OCH3 is 1. The molecule has 1 aliphatic heterocycles. The van der Waals surface area contributed by atoms with Crippen molar-refractivity contribution in [2.45, 2.75) is 18.9 Å². The molecule has 6 heteroatoms. The second-order valence-electron chi connectivity index (χ2n) is 6.63. The number of hydrogen-bond donors (Lipinski definition) is 1. The van der Waals surface area contributed by atoms with Crippen LogP contribution in [-0.2, 0) is 4.74 Å². The number of ether oxygens (including phenoxy) is 2. The molecular weight excluding hydrogens is 356 g/mol. The predicted molar refractivity (Wildman–Crippen MR) is 106 cm³/mol. The molecular formula is C22H22N2O4. The number of fused-ring (bicyclic) bond motifs is 1. The van der Waals surface area contributed by atoms with Crippen molar-refractivity contribution >= 4 is 22.6 Å². The molecule has 0 unspecified atom stereocenters. The van der Waals surface area contributed by atoms with Gasteiger partial charge in [-0.3, -0.25) is 4.79 Å². The quantitative estimate of drug-likeness (QED) is 0.736. The van der Waals surface area contributed by atoms with Crippen molar-refractivity contribution < 1.29 is 18.7 Å². The first-order chi connectivity index (χ1) is 13.7. The van der Waals surface area contributed by atoms with Crippen molar-refractivity contribution in [3.05, 3.63) is 65.7 Å². The molecule has 2 heterocycles. The van der Waals surface area contributed by atoms with Crippen LogP contribution in [0.2, 0.25) is 0 Å². The zero-order valence-electron chi connectivity index (χ0n) is 15.7. The van der Waals surface area contributed by atoms with E-state index < -0.39 is 0 Å². The smallest absolute Gasteiger partial charge is 0.256 e. The fourth-order valence-corrected chi connectivity index (χ4v) is 3.25. The maximum Gasteiger partial charge on any atom is 0.256 e. The second-order valence-corrected chi connectivity index (χ2v) is 6.63. The lowest BCUT2D eigenvalue weighted by Crippen LogP contribution is -2.34. The summed E-state index contributed by atoms with van der Waals surface area (Å²) in [5.74, 6) is 0.371. The molecule has 1 aliphatic rings. The molecule has 0 aliphatic carbocycles. The minimum Gasteiger partial charge on any atom is -0.494 e. The third-order valence-electron chi connectivity index (χ3n) is 4.72. The summed E-state index contributed by atoms with van der Waals surface area (Å²) in [7, 11) is 1.58. The molecule has 0 spiro atoms. The van der Waals surface area contributed by atoms with Gasteiger partial charge in [0.15, 0.2) is 0 Å². The monoisotopic (exact) mass is 378 g/mol. The van der Waals surface area contributed by atoms with Crippen LogP contribution in [-0.4, -0.2) is 32.3 Å². The molecule has 4 rings (SSSR count). The van der Waals surface area contributed by atoms with E-state index >= 15 is 0 Å². The Morgan fingerprint density at radius 2 is 2.04 bits per heavy atom. The van der Waals surface area contributed by atoms with Gasteiger partial charge in [-0.05, 0) is 37.1 Å². The summed E-state index contributed by atoms with van der Waals surface area (Å²) in [6, 6.07) is 16.7. The van der Waals surface area contributed by atoms with Gasteiger partial charge in [0.25, 0.3) is 5.91 Å². The SMILES string of the molecule is COc1ccccc1N=c1oc2ccccc2cc1C(=O)NC[C@@H]1CCCO1. The average molecular weight is 378 g/mol. The maximum absolute atomic E-state index is 12.9. The summed E-state index contributed by atoms with van der Waals surface area (Å²) in [6.07, 6.45) is 2.05. The molecule has 1 fully saturated rings. The summed E-state index contributed by atoms with van der Waals surface area (Å²) in [5.41, 5.74) is 1.87. The summed E-state index contributed by atoms with van der Waals surface area (Å²) < 4.78 is 16.9. The van der Waals surface area contributed by atoms with Crippen molar-refractivity contribution in [2.24, 2.45) is 4.99 Å². The molecule has 0 bridgehead atoms. The number of carbonyl (C=O) groups excluding carboxylic acids is 1. The van der Waals surface area contributed by atoms with Gasteiger partial charge in [0.2, 0.25) is 5.55 Å². The van der Waals surface area contributed by atoms with Crippen molar-refractivity contribution in [3.63, 3.8) is 0 Å². The molecule has 0 saturated carbocycles. The van der Waals surface area contributed by atoms with E-state index in [9.17, 15) is 4.79 Å². The van der Waals surface area contributed by atoms with Crippen LogP contribution in [0.5, 0.6) is 5.75 Å². The van der Waals surface area contributed by atoms with E-state index in [2.05, 4.69) is 10.3 Å². The van der Waals surface area contributed by atoms with Crippen molar-refractivity contribution in [1.82, 2.24) is 5.32 Å². The van der Waals surface area contributed by atoms with Gasteiger partial charge in [0, 0.05) is 18.5 Å². The van der Waals surface area contributed by atoms with Gasteiger partial charge in [-0.2, -0.15) is 0 Å². The van der Waals surface area contributed by atoms with Gasteiger partial charge < -0.3 is 19.2 Å². The van der Waals surface area contributed by atoms with Crippen LogP contribution in [0.3, 0.4) is 0 Å². The van der Waals surface area contributed by atoms with Gasteiger partial charge in [0.1, 0.15) is 22.6 Å². The number of benzene rings is 2. The minimum absolute atomic E-state index is 0.0657. The van der Waals surface area contributed by atoms with Crippen LogP contribution in [0.25, 0.3) is 11.0 Å². The van der Waals surface area contributed by atoms with E-state index in [1.54, 1.807) is 13.2 Å². The van der Waals surface area contributed by atoms with Crippen LogP contribution < -0.4 is 15.6 Å². The number of carbonyl (C=O) groups is 1. The number of amides is 1. The van der Waals surface area contributed by atoms with Crippen LogP contribution in [0.15, 0.2) is 64.0 Å². The maximum atomic E-state index is 12.9. The molecule has 1 N–H and O–H groups in total. The number of nitrogens with zero attached hydrogens (tertiary/aromatic N) is 1. The van der Waals surface area contributed by atoms with E-state index in [0.717, 1.165) is 24.8 Å². The van der Waals surface area contributed by atoms with Gasteiger partial charge in [-0.1, -0.05) is 30.3 Å². The normalized spacial score (nSPS) is 17.0. The Labute approximate surface area is 162 Å². The summed E-state index contributed by atoms with van der Waals surface area (Å²) in [5, 5.41) is 3.78. The largest absolute Gasteiger partial charge is 0.494 e. The molecule has 1 atom stereocenters. The summed E-state index contributed by atoms with van der Waals surface area (Å²) in [6.45, 7) is 1.22. The van der Waals surface area contributed by atoms with Gasteiger partial charge in [0.05, 0.1) is 13.2 Å². The molecule has 0 radical (unpaired) electrons.